The van der Waals surface area contributed by atoms with Crippen LogP contribution in [0.2, 0.25) is 0 Å². The maximum Gasteiger partial charge on any atom is 0.254 e. The third kappa shape index (κ3) is 3.48. The molecule has 0 bridgehead atoms. The van der Waals surface area contributed by atoms with Crippen molar-refractivity contribution < 1.29 is 4.79 Å². The average molecular weight is 287 g/mol. The molecule has 0 saturated carbocycles. The minimum atomic E-state index is -0.0967. The van der Waals surface area contributed by atoms with Crippen LogP contribution in [0.3, 0.4) is 0 Å². The zero-order valence-corrected chi connectivity index (χ0v) is 12.8. The lowest BCUT2D eigenvalue weighted by Crippen LogP contribution is -2.48. The molecule has 6 heteroatoms. The molecular formula is C13H23ClN4O. The number of carbonyl (C=O) groups excluding carboxylic acids is 1. The maximum atomic E-state index is 12.1. The number of halogens is 1. The van der Waals surface area contributed by atoms with Crippen molar-refractivity contribution in [1.82, 2.24) is 20.4 Å². The van der Waals surface area contributed by atoms with E-state index in [9.17, 15) is 4.79 Å². The van der Waals surface area contributed by atoms with Gasteiger partial charge in [0.15, 0.2) is 0 Å². The van der Waals surface area contributed by atoms with E-state index in [-0.39, 0.29) is 23.9 Å². The van der Waals surface area contributed by atoms with Gasteiger partial charge in [0.1, 0.15) is 0 Å². The molecule has 0 aromatic carbocycles. The molecule has 2 heterocycles. The standard InChI is InChI=1S/C13H22N4O.ClH/c1-9-11(8-16-17(9)13(2,3)4)12(18)15-7-10-5-14-6-10;/h8,10,14H,5-7H2,1-4H3,(H,15,18);1H. The third-order valence-electron chi connectivity index (χ3n) is 3.31. The van der Waals surface area contributed by atoms with Crippen LogP contribution >= 0.6 is 12.4 Å². The molecule has 0 aliphatic carbocycles. The summed E-state index contributed by atoms with van der Waals surface area (Å²) < 4.78 is 1.90. The molecule has 0 spiro atoms. The van der Waals surface area contributed by atoms with Crippen LogP contribution in [0.4, 0.5) is 0 Å². The van der Waals surface area contributed by atoms with E-state index in [0.29, 0.717) is 11.5 Å². The second kappa shape index (κ2) is 5.92. The first kappa shape index (κ1) is 16.0. The SMILES string of the molecule is Cc1c(C(=O)NCC2CNC2)cnn1C(C)(C)C.Cl. The quantitative estimate of drug-likeness (QED) is 0.881. The van der Waals surface area contributed by atoms with Crippen molar-refractivity contribution in [3.63, 3.8) is 0 Å². The molecule has 0 radical (unpaired) electrons. The molecule has 2 N–H and O–H groups in total. The Balaban J connectivity index is 0.00000180. The van der Waals surface area contributed by atoms with Gasteiger partial charge in [0.05, 0.1) is 17.3 Å². The van der Waals surface area contributed by atoms with Crippen LogP contribution < -0.4 is 10.6 Å². The van der Waals surface area contributed by atoms with Gasteiger partial charge in [-0.15, -0.1) is 12.4 Å². The predicted octanol–water partition coefficient (Wildman–Crippen LogP) is 1.32. The van der Waals surface area contributed by atoms with Crippen LogP contribution in [-0.4, -0.2) is 35.3 Å². The molecule has 0 atom stereocenters. The molecule has 1 aromatic heterocycles. The van der Waals surface area contributed by atoms with Gasteiger partial charge >= 0.3 is 0 Å². The Labute approximate surface area is 120 Å². The van der Waals surface area contributed by atoms with E-state index in [0.717, 1.165) is 25.3 Å². The molecule has 1 fully saturated rings. The summed E-state index contributed by atoms with van der Waals surface area (Å²) in [4.78, 5) is 12.1. The van der Waals surface area contributed by atoms with Crippen molar-refractivity contribution in [2.24, 2.45) is 5.92 Å². The van der Waals surface area contributed by atoms with Crippen LogP contribution in [0.25, 0.3) is 0 Å². The number of hydrogen-bond donors (Lipinski definition) is 2. The molecule has 108 valence electrons. The largest absolute Gasteiger partial charge is 0.352 e. The van der Waals surface area contributed by atoms with Crippen molar-refractivity contribution >= 4 is 18.3 Å². The van der Waals surface area contributed by atoms with Gasteiger partial charge in [0, 0.05) is 31.2 Å². The smallest absolute Gasteiger partial charge is 0.254 e. The highest BCUT2D eigenvalue weighted by molar-refractivity contribution is 5.95. The highest BCUT2D eigenvalue weighted by atomic mass is 35.5. The molecule has 0 unspecified atom stereocenters. The van der Waals surface area contributed by atoms with Crippen molar-refractivity contribution in [2.45, 2.75) is 33.2 Å². The van der Waals surface area contributed by atoms with Crippen LogP contribution in [0.1, 0.15) is 36.8 Å². The lowest BCUT2D eigenvalue weighted by atomic mass is 10.0. The van der Waals surface area contributed by atoms with E-state index in [1.54, 1.807) is 6.20 Å². The molecule has 1 aromatic rings. The minimum Gasteiger partial charge on any atom is -0.352 e. The van der Waals surface area contributed by atoms with Gasteiger partial charge in [-0.2, -0.15) is 5.10 Å². The first-order chi connectivity index (χ1) is 8.39. The summed E-state index contributed by atoms with van der Waals surface area (Å²) in [5.41, 5.74) is 1.50. The van der Waals surface area contributed by atoms with Crippen LogP contribution in [0, 0.1) is 12.8 Å². The van der Waals surface area contributed by atoms with E-state index >= 15 is 0 Å². The summed E-state index contributed by atoms with van der Waals surface area (Å²) in [7, 11) is 0. The fourth-order valence-corrected chi connectivity index (χ4v) is 2.13. The zero-order chi connectivity index (χ0) is 13.3. The first-order valence-corrected chi connectivity index (χ1v) is 6.43. The molecule has 1 aliphatic rings. The Kier molecular flexibility index (Phi) is 4.98. The fourth-order valence-electron chi connectivity index (χ4n) is 2.13. The molecule has 1 amide bonds. The Morgan fingerprint density at radius 2 is 2.16 bits per heavy atom. The number of carbonyl (C=O) groups is 1. The maximum absolute atomic E-state index is 12.1. The minimum absolute atomic E-state index is 0. The van der Waals surface area contributed by atoms with Gasteiger partial charge in [-0.05, 0) is 27.7 Å². The normalized spacial score (nSPS) is 15.6. The molecular weight excluding hydrogens is 264 g/mol. The summed E-state index contributed by atoms with van der Waals surface area (Å²) in [6.07, 6.45) is 1.66. The van der Waals surface area contributed by atoms with E-state index in [1.807, 2.05) is 11.6 Å². The Morgan fingerprint density at radius 3 is 2.58 bits per heavy atom. The Morgan fingerprint density at radius 1 is 1.53 bits per heavy atom. The number of hydrogen-bond acceptors (Lipinski definition) is 3. The van der Waals surface area contributed by atoms with Crippen LogP contribution in [0.15, 0.2) is 6.20 Å². The van der Waals surface area contributed by atoms with E-state index < -0.39 is 0 Å². The summed E-state index contributed by atoms with van der Waals surface area (Å²) in [6.45, 7) is 10.9. The summed E-state index contributed by atoms with van der Waals surface area (Å²) >= 11 is 0. The van der Waals surface area contributed by atoms with Gasteiger partial charge in [-0.3, -0.25) is 9.48 Å². The van der Waals surface area contributed by atoms with E-state index in [4.69, 9.17) is 0 Å². The number of nitrogens with one attached hydrogen (secondary N) is 2. The van der Waals surface area contributed by atoms with E-state index in [1.165, 1.54) is 0 Å². The molecule has 1 aliphatic heterocycles. The Hall–Kier alpha value is -1.07. The van der Waals surface area contributed by atoms with Crippen LogP contribution in [-0.2, 0) is 5.54 Å². The molecule has 5 nitrogen and oxygen atoms in total. The molecule has 2 rings (SSSR count). The van der Waals surface area contributed by atoms with Crippen molar-refractivity contribution in [3.8, 4) is 0 Å². The number of nitrogens with zero attached hydrogens (tertiary/aromatic N) is 2. The summed E-state index contributed by atoms with van der Waals surface area (Å²) in [6, 6.07) is 0. The van der Waals surface area contributed by atoms with E-state index in [2.05, 4.69) is 36.5 Å². The van der Waals surface area contributed by atoms with Crippen LogP contribution in [0.5, 0.6) is 0 Å². The lowest BCUT2D eigenvalue weighted by molar-refractivity contribution is 0.0941. The monoisotopic (exact) mass is 286 g/mol. The predicted molar refractivity (Wildman–Crippen MR) is 77.9 cm³/mol. The van der Waals surface area contributed by atoms with Crippen molar-refractivity contribution in [3.05, 3.63) is 17.5 Å². The average Bonchev–Trinajstić information content (AvgIpc) is 2.56. The summed E-state index contributed by atoms with van der Waals surface area (Å²) in [5, 5.41) is 10.5. The Bertz CT molecular complexity index is 446. The molecule has 1 saturated heterocycles. The number of amides is 1. The van der Waals surface area contributed by atoms with Gasteiger partial charge in [0.25, 0.3) is 5.91 Å². The third-order valence-corrected chi connectivity index (χ3v) is 3.31. The highest BCUT2D eigenvalue weighted by Gasteiger charge is 2.22. The topological polar surface area (TPSA) is 59.0 Å². The van der Waals surface area contributed by atoms with Gasteiger partial charge in [0.2, 0.25) is 0 Å². The highest BCUT2D eigenvalue weighted by Crippen LogP contribution is 2.18. The second-order valence-electron chi connectivity index (χ2n) is 5.96. The van der Waals surface area contributed by atoms with Gasteiger partial charge < -0.3 is 10.6 Å². The number of rotatable bonds is 3. The second-order valence-corrected chi connectivity index (χ2v) is 5.96. The zero-order valence-electron chi connectivity index (χ0n) is 12.0. The number of aromatic nitrogens is 2. The fraction of sp³-hybridized carbons (Fsp3) is 0.692. The molecule has 19 heavy (non-hydrogen) atoms. The summed E-state index contributed by atoms with van der Waals surface area (Å²) in [5.74, 6) is 0.557. The van der Waals surface area contributed by atoms with Crippen molar-refractivity contribution in [1.29, 1.82) is 0 Å². The lowest BCUT2D eigenvalue weighted by Gasteiger charge is -2.27. The first-order valence-electron chi connectivity index (χ1n) is 6.43. The van der Waals surface area contributed by atoms with Gasteiger partial charge in [-0.1, -0.05) is 0 Å². The van der Waals surface area contributed by atoms with Gasteiger partial charge in [-0.25, -0.2) is 0 Å². The van der Waals surface area contributed by atoms with Crippen molar-refractivity contribution in [2.75, 3.05) is 19.6 Å².